The van der Waals surface area contributed by atoms with E-state index in [1.807, 2.05) is 0 Å². The molecule has 0 radical (unpaired) electrons. The van der Waals surface area contributed by atoms with Crippen LogP contribution in [-0.2, 0) is 0 Å². The maximum absolute atomic E-state index is 13.7. The van der Waals surface area contributed by atoms with Gasteiger partial charge < -0.3 is 5.32 Å². The lowest BCUT2D eigenvalue weighted by Crippen LogP contribution is -2.15. The molecule has 2 rings (SSSR count). The highest BCUT2D eigenvalue weighted by Gasteiger charge is 2.12. The van der Waals surface area contributed by atoms with Crippen LogP contribution in [0, 0.1) is 11.6 Å². The van der Waals surface area contributed by atoms with Crippen LogP contribution >= 0.6 is 15.9 Å². The van der Waals surface area contributed by atoms with Crippen molar-refractivity contribution in [2.75, 3.05) is 11.9 Å². The second-order valence-corrected chi connectivity index (χ2v) is 5.22. The normalized spacial score (nSPS) is 16.7. The molecule has 5 heteroatoms. The molecule has 18 heavy (non-hydrogen) atoms. The van der Waals surface area contributed by atoms with Gasteiger partial charge in [-0.25, -0.2) is 8.78 Å². The van der Waals surface area contributed by atoms with E-state index < -0.39 is 11.6 Å². The van der Waals surface area contributed by atoms with Gasteiger partial charge in [0.2, 0.25) is 0 Å². The lowest BCUT2D eigenvalue weighted by atomic mass is 10.1. The van der Waals surface area contributed by atoms with Crippen LogP contribution < -0.4 is 5.32 Å². The van der Waals surface area contributed by atoms with Crippen LogP contribution in [0.1, 0.15) is 32.1 Å². The van der Waals surface area contributed by atoms with E-state index in [2.05, 4.69) is 26.2 Å². The lowest BCUT2D eigenvalue weighted by Gasteiger charge is -2.14. The largest absolute Gasteiger partial charge is 0.341 e. The van der Waals surface area contributed by atoms with Crippen LogP contribution in [0.2, 0.25) is 0 Å². The first-order chi connectivity index (χ1) is 8.66. The van der Waals surface area contributed by atoms with Crippen LogP contribution in [0.3, 0.4) is 0 Å². The lowest BCUT2D eigenvalue weighted by molar-refractivity contribution is 0.584. The SMILES string of the molecule is Fc1cc(F)c(NC2=NCCCCCC2)c(Br)c1. The maximum atomic E-state index is 13.7. The molecule has 1 aromatic carbocycles. The topological polar surface area (TPSA) is 24.4 Å². The molecular formula is C13H15BrF2N2. The van der Waals surface area contributed by atoms with E-state index in [-0.39, 0.29) is 5.69 Å². The monoisotopic (exact) mass is 316 g/mol. The predicted molar refractivity (Wildman–Crippen MR) is 73.1 cm³/mol. The van der Waals surface area contributed by atoms with Gasteiger partial charge in [0.05, 0.1) is 5.69 Å². The second-order valence-electron chi connectivity index (χ2n) is 4.36. The maximum Gasteiger partial charge on any atom is 0.150 e. The quantitative estimate of drug-likeness (QED) is 0.810. The second kappa shape index (κ2) is 6.27. The van der Waals surface area contributed by atoms with Crippen molar-refractivity contribution < 1.29 is 8.78 Å². The number of halogens is 3. The van der Waals surface area contributed by atoms with Crippen LogP contribution in [0.5, 0.6) is 0 Å². The summed E-state index contributed by atoms with van der Waals surface area (Å²) in [5.74, 6) is -0.419. The minimum Gasteiger partial charge on any atom is -0.341 e. The molecule has 0 saturated heterocycles. The first-order valence-electron chi connectivity index (χ1n) is 6.12. The highest BCUT2D eigenvalue weighted by molar-refractivity contribution is 9.10. The number of hydrogen-bond donors (Lipinski definition) is 1. The molecule has 2 nitrogen and oxygen atoms in total. The van der Waals surface area contributed by atoms with Crippen molar-refractivity contribution in [2.24, 2.45) is 4.99 Å². The summed E-state index contributed by atoms with van der Waals surface area (Å²) in [5.41, 5.74) is 0.260. The van der Waals surface area contributed by atoms with Crippen molar-refractivity contribution in [2.45, 2.75) is 32.1 Å². The molecule has 98 valence electrons. The Morgan fingerprint density at radius 2 is 1.89 bits per heavy atom. The zero-order valence-corrected chi connectivity index (χ0v) is 11.6. The van der Waals surface area contributed by atoms with E-state index in [1.54, 1.807) is 0 Å². The molecule has 1 heterocycles. The van der Waals surface area contributed by atoms with Gasteiger partial charge in [0.1, 0.15) is 11.7 Å². The van der Waals surface area contributed by atoms with Crippen molar-refractivity contribution >= 4 is 27.5 Å². The summed E-state index contributed by atoms with van der Waals surface area (Å²) in [6.07, 6.45) is 5.30. The molecule has 0 aliphatic carbocycles. The van der Waals surface area contributed by atoms with Gasteiger partial charge in [-0.15, -0.1) is 0 Å². The molecule has 1 aliphatic heterocycles. The van der Waals surface area contributed by atoms with E-state index >= 15 is 0 Å². The fourth-order valence-electron chi connectivity index (χ4n) is 1.96. The Hall–Kier alpha value is -0.970. The number of nitrogens with one attached hydrogen (secondary N) is 1. The summed E-state index contributed by atoms with van der Waals surface area (Å²) in [6.45, 7) is 0.767. The Kier molecular flexibility index (Phi) is 4.69. The standard InChI is InChI=1S/C13H15BrF2N2/c14-10-7-9(15)8-11(16)13(10)18-12-5-3-1-2-4-6-17-12/h7-8H,1-6H2,(H,17,18). The van der Waals surface area contributed by atoms with Crippen molar-refractivity contribution in [1.82, 2.24) is 0 Å². The summed E-state index contributed by atoms with van der Waals surface area (Å²) < 4.78 is 27.0. The van der Waals surface area contributed by atoms with Crippen LogP contribution in [0.4, 0.5) is 14.5 Å². The van der Waals surface area contributed by atoms with Crippen LogP contribution in [0.25, 0.3) is 0 Å². The highest BCUT2D eigenvalue weighted by atomic mass is 79.9. The average molecular weight is 317 g/mol. The van der Waals surface area contributed by atoms with Gasteiger partial charge >= 0.3 is 0 Å². The van der Waals surface area contributed by atoms with E-state index in [0.717, 1.165) is 37.7 Å². The van der Waals surface area contributed by atoms with Crippen molar-refractivity contribution in [3.8, 4) is 0 Å². The number of hydrogen-bond acceptors (Lipinski definition) is 2. The number of benzene rings is 1. The van der Waals surface area contributed by atoms with Gasteiger partial charge in [0, 0.05) is 23.5 Å². The molecule has 0 fully saturated rings. The van der Waals surface area contributed by atoms with Crippen molar-refractivity contribution in [3.63, 3.8) is 0 Å². The third kappa shape index (κ3) is 3.51. The molecule has 0 amide bonds. The van der Waals surface area contributed by atoms with Gasteiger partial charge in [-0.2, -0.15) is 0 Å². The first-order valence-corrected chi connectivity index (χ1v) is 6.91. The van der Waals surface area contributed by atoms with Crippen molar-refractivity contribution in [3.05, 3.63) is 28.2 Å². The third-order valence-corrected chi connectivity index (χ3v) is 3.53. The Morgan fingerprint density at radius 3 is 2.67 bits per heavy atom. The van der Waals surface area contributed by atoms with E-state index in [9.17, 15) is 8.78 Å². The summed E-state index contributed by atoms with van der Waals surface area (Å²) in [4.78, 5) is 4.41. The van der Waals surface area contributed by atoms with Gasteiger partial charge in [-0.05, 0) is 34.8 Å². The van der Waals surface area contributed by atoms with E-state index in [0.29, 0.717) is 4.47 Å². The van der Waals surface area contributed by atoms with Gasteiger partial charge in [-0.3, -0.25) is 4.99 Å². The molecule has 0 unspecified atom stereocenters. The molecular weight excluding hydrogens is 302 g/mol. The number of aliphatic imine (C=N–C) groups is 1. The summed E-state index contributed by atoms with van der Waals surface area (Å²) in [7, 11) is 0. The molecule has 1 N–H and O–H groups in total. The minimum absolute atomic E-state index is 0.260. The Bertz CT molecular complexity index is 437. The summed E-state index contributed by atoms with van der Waals surface area (Å²) in [5, 5.41) is 2.97. The van der Waals surface area contributed by atoms with E-state index in [1.165, 1.54) is 18.9 Å². The van der Waals surface area contributed by atoms with Crippen LogP contribution in [0.15, 0.2) is 21.6 Å². The third-order valence-electron chi connectivity index (χ3n) is 2.90. The highest BCUT2D eigenvalue weighted by Crippen LogP contribution is 2.27. The van der Waals surface area contributed by atoms with Gasteiger partial charge in [-0.1, -0.05) is 12.8 Å². The molecule has 0 saturated carbocycles. The van der Waals surface area contributed by atoms with Crippen LogP contribution in [-0.4, -0.2) is 12.4 Å². The first kappa shape index (κ1) is 13.5. The summed E-state index contributed by atoms with van der Waals surface area (Å²) >= 11 is 3.16. The predicted octanol–water partition coefficient (Wildman–Crippen LogP) is 4.50. The molecule has 1 aliphatic rings. The molecule has 0 spiro atoms. The molecule has 0 aromatic heterocycles. The Balaban J connectivity index is 2.17. The fourth-order valence-corrected chi connectivity index (χ4v) is 2.47. The van der Waals surface area contributed by atoms with Crippen molar-refractivity contribution in [1.29, 1.82) is 0 Å². The zero-order valence-electron chi connectivity index (χ0n) is 9.98. The number of nitrogens with zero attached hydrogens (tertiary/aromatic N) is 1. The summed E-state index contributed by atoms with van der Waals surface area (Å²) in [6, 6.07) is 2.12. The minimum atomic E-state index is -0.605. The fraction of sp³-hybridized carbons (Fsp3) is 0.462. The number of rotatable bonds is 1. The molecule has 0 bridgehead atoms. The average Bonchev–Trinajstić information content (AvgIpc) is 2.25. The number of amidine groups is 1. The molecule has 1 aromatic rings. The Labute approximate surface area is 114 Å². The van der Waals surface area contributed by atoms with Gasteiger partial charge in [0.25, 0.3) is 0 Å². The zero-order chi connectivity index (χ0) is 13.0. The van der Waals surface area contributed by atoms with E-state index in [4.69, 9.17) is 0 Å². The van der Waals surface area contributed by atoms with Gasteiger partial charge in [0.15, 0.2) is 5.82 Å². The Morgan fingerprint density at radius 1 is 1.11 bits per heavy atom. The molecule has 0 atom stereocenters. The number of anilines is 1. The smallest absolute Gasteiger partial charge is 0.150 e.